The van der Waals surface area contributed by atoms with E-state index in [1.807, 2.05) is 12.1 Å². The molecule has 8 heteroatoms. The molecule has 6 nitrogen and oxygen atoms in total. The van der Waals surface area contributed by atoms with Crippen molar-refractivity contribution in [3.05, 3.63) is 94.3 Å². The monoisotopic (exact) mass is 448 g/mol. The lowest BCUT2D eigenvalue weighted by Gasteiger charge is -2.17. The number of pyridine rings is 1. The van der Waals surface area contributed by atoms with Crippen LogP contribution < -0.4 is 10.9 Å². The smallest absolute Gasteiger partial charge is 0.262 e. The summed E-state index contributed by atoms with van der Waals surface area (Å²) >= 11 is 1.18. The molecule has 0 spiro atoms. The summed E-state index contributed by atoms with van der Waals surface area (Å²) in [4.78, 5) is 34.8. The molecule has 4 aromatic rings. The van der Waals surface area contributed by atoms with Gasteiger partial charge in [-0.05, 0) is 55.3 Å². The second-order valence-electron chi connectivity index (χ2n) is 7.37. The summed E-state index contributed by atoms with van der Waals surface area (Å²) in [6, 6.07) is 15.1. The van der Waals surface area contributed by atoms with Crippen molar-refractivity contribution < 1.29 is 9.18 Å². The fraction of sp³-hybridized carbons (Fsp3) is 0.167. The first-order chi connectivity index (χ1) is 15.4. The van der Waals surface area contributed by atoms with Crippen LogP contribution in [0.1, 0.15) is 18.1 Å². The lowest BCUT2D eigenvalue weighted by atomic mass is 10.2. The van der Waals surface area contributed by atoms with Crippen molar-refractivity contribution in [3.8, 4) is 0 Å². The van der Waals surface area contributed by atoms with Gasteiger partial charge in [0.15, 0.2) is 5.16 Å². The maximum atomic E-state index is 13.6. The number of hydrogen-bond acceptors (Lipinski definition) is 5. The molecule has 1 amide bonds. The van der Waals surface area contributed by atoms with Crippen LogP contribution in [0.3, 0.4) is 0 Å². The Labute approximate surface area is 188 Å². The Morgan fingerprint density at radius 3 is 2.78 bits per heavy atom. The highest BCUT2D eigenvalue weighted by Crippen LogP contribution is 2.25. The zero-order valence-electron chi connectivity index (χ0n) is 17.6. The van der Waals surface area contributed by atoms with Crippen molar-refractivity contribution in [2.24, 2.45) is 0 Å². The summed E-state index contributed by atoms with van der Waals surface area (Å²) in [5.41, 5.74) is 2.41. The second kappa shape index (κ2) is 9.32. The molecule has 0 radical (unpaired) electrons. The lowest BCUT2D eigenvalue weighted by molar-refractivity contribution is -0.115. The number of halogens is 1. The van der Waals surface area contributed by atoms with E-state index >= 15 is 0 Å². The molecule has 2 aromatic heterocycles. The van der Waals surface area contributed by atoms with Gasteiger partial charge in [0.25, 0.3) is 5.56 Å². The minimum atomic E-state index is -0.578. The van der Waals surface area contributed by atoms with E-state index in [2.05, 4.69) is 15.3 Å². The van der Waals surface area contributed by atoms with E-state index in [9.17, 15) is 14.0 Å². The summed E-state index contributed by atoms with van der Waals surface area (Å²) in [6.45, 7) is 3.80. The number of hydrogen-bond donors (Lipinski definition) is 1. The fourth-order valence-electron chi connectivity index (χ4n) is 3.23. The van der Waals surface area contributed by atoms with Gasteiger partial charge in [-0.25, -0.2) is 9.37 Å². The Bertz CT molecular complexity index is 1340. The average Bonchev–Trinajstić information content (AvgIpc) is 2.79. The Hall–Kier alpha value is -3.52. The summed E-state index contributed by atoms with van der Waals surface area (Å²) in [7, 11) is 0. The summed E-state index contributed by atoms with van der Waals surface area (Å²) < 4.78 is 15.1. The number of fused-ring (bicyclic) bond motifs is 1. The minimum Gasteiger partial charge on any atom is -0.325 e. The van der Waals surface area contributed by atoms with E-state index in [4.69, 9.17) is 0 Å². The topological polar surface area (TPSA) is 76.9 Å². The van der Waals surface area contributed by atoms with Gasteiger partial charge in [0.05, 0.1) is 22.7 Å². The highest BCUT2D eigenvalue weighted by Gasteiger charge is 2.20. The van der Waals surface area contributed by atoms with E-state index in [1.54, 1.807) is 61.1 Å². The second-order valence-corrected chi connectivity index (χ2v) is 8.68. The van der Waals surface area contributed by atoms with Crippen LogP contribution in [0.2, 0.25) is 0 Å². The molecule has 1 unspecified atom stereocenters. The molecule has 0 aliphatic rings. The van der Waals surface area contributed by atoms with Crippen LogP contribution in [0.4, 0.5) is 10.1 Å². The van der Waals surface area contributed by atoms with E-state index < -0.39 is 11.1 Å². The first-order valence-electron chi connectivity index (χ1n) is 10.0. The molecule has 0 aliphatic heterocycles. The Kier molecular flexibility index (Phi) is 6.32. The molecule has 2 aromatic carbocycles. The quantitative estimate of drug-likeness (QED) is 0.349. The molecule has 162 valence electrons. The third-order valence-electron chi connectivity index (χ3n) is 5.00. The summed E-state index contributed by atoms with van der Waals surface area (Å²) in [5, 5.41) is 3.12. The van der Waals surface area contributed by atoms with Crippen LogP contribution in [0.5, 0.6) is 0 Å². The van der Waals surface area contributed by atoms with Gasteiger partial charge < -0.3 is 5.32 Å². The van der Waals surface area contributed by atoms with E-state index in [-0.39, 0.29) is 18.0 Å². The number of anilines is 1. The largest absolute Gasteiger partial charge is 0.325 e. The Balaban J connectivity index is 1.66. The van der Waals surface area contributed by atoms with Gasteiger partial charge in [-0.3, -0.25) is 19.1 Å². The number of aryl methyl sites for hydroxylation is 1. The maximum absolute atomic E-state index is 13.6. The molecular formula is C24H21FN4O2S. The molecule has 1 atom stereocenters. The number of amides is 1. The number of carbonyl (C=O) groups excluding carboxylic acids is 1. The van der Waals surface area contributed by atoms with E-state index in [1.165, 1.54) is 23.9 Å². The van der Waals surface area contributed by atoms with Crippen LogP contribution in [-0.2, 0) is 11.3 Å². The highest BCUT2D eigenvalue weighted by molar-refractivity contribution is 8.00. The Morgan fingerprint density at radius 2 is 2.00 bits per heavy atom. The van der Waals surface area contributed by atoms with Crippen LogP contribution in [0.25, 0.3) is 10.9 Å². The molecule has 0 aliphatic carbocycles. The number of nitrogens with one attached hydrogen (secondary N) is 1. The standard InChI is InChI=1S/C24H21FN4O2S/c1-15-9-10-18(25)12-21(15)27-22(30)16(2)32-24-28-20-8-4-3-7-19(20)23(31)29(24)14-17-6-5-11-26-13-17/h3-13,16H,14H2,1-2H3,(H,27,30). The minimum absolute atomic E-state index is 0.185. The van der Waals surface area contributed by atoms with E-state index in [0.29, 0.717) is 21.7 Å². The normalized spacial score (nSPS) is 12.0. The molecule has 4 rings (SSSR count). The Morgan fingerprint density at radius 1 is 1.19 bits per heavy atom. The summed E-state index contributed by atoms with van der Waals surface area (Å²) in [6.07, 6.45) is 3.36. The molecule has 0 fully saturated rings. The molecule has 0 saturated heterocycles. The zero-order chi connectivity index (χ0) is 22.7. The average molecular weight is 449 g/mol. The molecule has 2 heterocycles. The number of rotatable bonds is 6. The predicted molar refractivity (Wildman–Crippen MR) is 124 cm³/mol. The number of benzene rings is 2. The third kappa shape index (κ3) is 4.70. The molecule has 1 N–H and O–H groups in total. The zero-order valence-corrected chi connectivity index (χ0v) is 18.4. The van der Waals surface area contributed by atoms with Crippen LogP contribution in [0.15, 0.2) is 76.9 Å². The van der Waals surface area contributed by atoms with Crippen molar-refractivity contribution in [3.63, 3.8) is 0 Å². The SMILES string of the molecule is Cc1ccc(F)cc1NC(=O)C(C)Sc1nc2ccccc2c(=O)n1Cc1cccnc1. The molecule has 0 saturated carbocycles. The first-order valence-corrected chi connectivity index (χ1v) is 10.9. The lowest BCUT2D eigenvalue weighted by Crippen LogP contribution is -2.27. The predicted octanol–water partition coefficient (Wildman–Crippen LogP) is 4.41. The van der Waals surface area contributed by atoms with Gasteiger partial charge >= 0.3 is 0 Å². The van der Waals surface area contributed by atoms with Crippen LogP contribution >= 0.6 is 11.8 Å². The van der Waals surface area contributed by atoms with Gasteiger partial charge in [-0.15, -0.1) is 0 Å². The van der Waals surface area contributed by atoms with Gasteiger partial charge in [0.2, 0.25) is 5.91 Å². The molecule has 0 bridgehead atoms. The highest BCUT2D eigenvalue weighted by atomic mass is 32.2. The van der Waals surface area contributed by atoms with Gasteiger partial charge in [-0.2, -0.15) is 0 Å². The third-order valence-corrected chi connectivity index (χ3v) is 6.09. The van der Waals surface area contributed by atoms with Crippen molar-refractivity contribution in [1.29, 1.82) is 0 Å². The number of para-hydroxylation sites is 1. The number of nitrogens with zero attached hydrogens (tertiary/aromatic N) is 3. The fourth-order valence-corrected chi connectivity index (χ4v) is 4.13. The molecular weight excluding hydrogens is 427 g/mol. The van der Waals surface area contributed by atoms with Crippen molar-refractivity contribution in [2.75, 3.05) is 5.32 Å². The van der Waals surface area contributed by atoms with Crippen LogP contribution in [0, 0.1) is 12.7 Å². The van der Waals surface area contributed by atoms with E-state index in [0.717, 1.165) is 11.1 Å². The van der Waals surface area contributed by atoms with Crippen molar-refractivity contribution in [1.82, 2.24) is 14.5 Å². The first kappa shape index (κ1) is 21.7. The van der Waals surface area contributed by atoms with Gasteiger partial charge in [0.1, 0.15) is 5.82 Å². The summed E-state index contributed by atoms with van der Waals surface area (Å²) in [5.74, 6) is -0.730. The number of aromatic nitrogens is 3. The van der Waals surface area contributed by atoms with Crippen molar-refractivity contribution >= 4 is 34.3 Å². The molecule has 32 heavy (non-hydrogen) atoms. The van der Waals surface area contributed by atoms with Crippen molar-refractivity contribution in [2.45, 2.75) is 30.8 Å². The maximum Gasteiger partial charge on any atom is 0.262 e. The van der Waals surface area contributed by atoms with Crippen LogP contribution in [-0.4, -0.2) is 25.7 Å². The number of thioether (sulfide) groups is 1. The van der Waals surface area contributed by atoms with Gasteiger partial charge in [-0.1, -0.05) is 36.0 Å². The number of carbonyl (C=O) groups is 1. The van der Waals surface area contributed by atoms with Gasteiger partial charge in [0, 0.05) is 18.1 Å².